The molecule has 106 valence electrons. The number of amides is 1. The van der Waals surface area contributed by atoms with Crippen LogP contribution in [0.2, 0.25) is 0 Å². The molecule has 1 amide bonds. The molecule has 1 heterocycles. The maximum atomic E-state index is 12.4. The number of para-hydroxylation sites is 1. The van der Waals surface area contributed by atoms with Crippen molar-refractivity contribution in [3.8, 4) is 0 Å². The second kappa shape index (κ2) is 5.02. The van der Waals surface area contributed by atoms with Gasteiger partial charge in [-0.05, 0) is 18.9 Å². The van der Waals surface area contributed by atoms with E-state index in [1.807, 2.05) is 6.07 Å². The van der Waals surface area contributed by atoms with Crippen molar-refractivity contribution < 1.29 is 14.7 Å². The summed E-state index contributed by atoms with van der Waals surface area (Å²) in [7, 11) is 0. The zero-order valence-corrected chi connectivity index (χ0v) is 11.4. The summed E-state index contributed by atoms with van der Waals surface area (Å²) in [5.41, 5.74) is -0.524. The first-order valence-corrected chi connectivity index (χ1v) is 7.30. The van der Waals surface area contributed by atoms with Crippen molar-refractivity contribution in [1.29, 1.82) is 0 Å². The third-order valence-electron chi connectivity index (χ3n) is 4.49. The van der Waals surface area contributed by atoms with E-state index in [2.05, 4.69) is 5.32 Å². The number of fused-ring (bicyclic) bond motifs is 1. The quantitative estimate of drug-likeness (QED) is 0.825. The summed E-state index contributed by atoms with van der Waals surface area (Å²) in [5, 5.41) is 13.7. The lowest BCUT2D eigenvalue weighted by Crippen LogP contribution is -2.45. The van der Waals surface area contributed by atoms with Gasteiger partial charge in [0.25, 0.3) is 5.91 Å². The highest BCUT2D eigenvalue weighted by Crippen LogP contribution is 2.44. The third kappa shape index (κ3) is 1.95. The van der Waals surface area contributed by atoms with E-state index in [9.17, 15) is 14.7 Å². The summed E-state index contributed by atoms with van der Waals surface area (Å²) in [6.45, 7) is 0. The van der Waals surface area contributed by atoms with Gasteiger partial charge in [0, 0.05) is 17.7 Å². The Balaban J connectivity index is 2.01. The third-order valence-corrected chi connectivity index (χ3v) is 4.49. The molecule has 4 heteroatoms. The van der Waals surface area contributed by atoms with E-state index in [4.69, 9.17) is 0 Å². The molecule has 4 nitrogen and oxygen atoms in total. The second-order valence-corrected chi connectivity index (χ2v) is 5.74. The molecule has 0 unspecified atom stereocenters. The first-order chi connectivity index (χ1) is 9.64. The van der Waals surface area contributed by atoms with Crippen molar-refractivity contribution in [3.05, 3.63) is 29.8 Å². The maximum absolute atomic E-state index is 12.4. The zero-order chi connectivity index (χ0) is 14.2. The Kier molecular flexibility index (Phi) is 3.34. The Morgan fingerprint density at radius 3 is 2.70 bits per heavy atom. The van der Waals surface area contributed by atoms with E-state index in [0.717, 1.165) is 25.7 Å². The fraction of sp³-hybridized carbons (Fsp3) is 0.500. The molecule has 1 aromatic carbocycles. The normalized spacial score (nSPS) is 30.4. The van der Waals surface area contributed by atoms with Gasteiger partial charge >= 0.3 is 0 Å². The summed E-state index contributed by atoms with van der Waals surface area (Å²) in [6.07, 6.45) is 4.89. The minimum Gasteiger partial charge on any atom is -0.375 e. The number of benzene rings is 1. The maximum Gasteiger partial charge on any atom is 0.261 e. The Morgan fingerprint density at radius 1 is 1.10 bits per heavy atom. The Bertz CT molecular complexity index is 554. The molecule has 0 bridgehead atoms. The molecule has 0 spiro atoms. The number of anilines is 1. The van der Waals surface area contributed by atoms with Crippen LogP contribution in [0.25, 0.3) is 0 Å². The lowest BCUT2D eigenvalue weighted by molar-refractivity contribution is -0.149. The van der Waals surface area contributed by atoms with Crippen LogP contribution in [0.15, 0.2) is 24.3 Å². The van der Waals surface area contributed by atoms with Crippen LogP contribution in [0.3, 0.4) is 0 Å². The first kappa shape index (κ1) is 13.3. The van der Waals surface area contributed by atoms with Crippen molar-refractivity contribution >= 4 is 17.4 Å². The van der Waals surface area contributed by atoms with E-state index in [0.29, 0.717) is 24.1 Å². The number of carbonyl (C=O) groups is 2. The van der Waals surface area contributed by atoms with E-state index in [1.54, 1.807) is 18.2 Å². The van der Waals surface area contributed by atoms with Crippen molar-refractivity contribution in [2.45, 2.75) is 44.1 Å². The molecule has 1 aromatic rings. The van der Waals surface area contributed by atoms with Crippen molar-refractivity contribution in [1.82, 2.24) is 0 Å². The van der Waals surface area contributed by atoms with Crippen LogP contribution in [0.4, 0.5) is 5.69 Å². The van der Waals surface area contributed by atoms with Gasteiger partial charge in [0.15, 0.2) is 5.60 Å². The lowest BCUT2D eigenvalue weighted by Gasteiger charge is -2.31. The molecular formula is C16H19NO3. The Labute approximate surface area is 118 Å². The monoisotopic (exact) mass is 273 g/mol. The van der Waals surface area contributed by atoms with Gasteiger partial charge in [-0.2, -0.15) is 0 Å². The Morgan fingerprint density at radius 2 is 1.85 bits per heavy atom. The number of ketones is 1. The summed E-state index contributed by atoms with van der Waals surface area (Å²) in [4.78, 5) is 24.7. The Hall–Kier alpha value is -1.68. The van der Waals surface area contributed by atoms with E-state index in [1.165, 1.54) is 0 Å². The van der Waals surface area contributed by atoms with Gasteiger partial charge < -0.3 is 10.4 Å². The molecule has 1 saturated carbocycles. The molecule has 1 fully saturated rings. The summed E-state index contributed by atoms with van der Waals surface area (Å²) in [6, 6.07) is 7.10. The van der Waals surface area contributed by atoms with Gasteiger partial charge in [-0.1, -0.05) is 37.5 Å². The molecule has 0 aromatic heterocycles. The van der Waals surface area contributed by atoms with Crippen molar-refractivity contribution in [3.63, 3.8) is 0 Å². The molecule has 1 aliphatic heterocycles. The highest BCUT2D eigenvalue weighted by Gasteiger charge is 2.53. The number of aliphatic hydroxyl groups is 1. The van der Waals surface area contributed by atoms with Crippen LogP contribution < -0.4 is 5.32 Å². The van der Waals surface area contributed by atoms with Crippen molar-refractivity contribution in [2.75, 3.05) is 5.32 Å². The topological polar surface area (TPSA) is 66.4 Å². The summed E-state index contributed by atoms with van der Waals surface area (Å²) >= 11 is 0. The van der Waals surface area contributed by atoms with Crippen LogP contribution in [0.1, 0.15) is 44.1 Å². The molecule has 0 saturated heterocycles. The van der Waals surface area contributed by atoms with Crippen LogP contribution >= 0.6 is 0 Å². The number of Topliss-reactive ketones (excluding diaryl/α,β-unsaturated/α-hetero) is 1. The minimum atomic E-state index is -1.69. The van der Waals surface area contributed by atoms with Crippen LogP contribution in [0, 0.1) is 5.92 Å². The standard InChI is InChI=1S/C16H19NO3/c18-14-10-4-2-1-3-8-12(14)16(20)11-7-5-6-9-13(11)17-15(16)19/h5-7,9,12,20H,1-4,8,10H2,(H,17,19)/t12-,16-/m1/s1. The summed E-state index contributed by atoms with van der Waals surface area (Å²) < 4.78 is 0. The number of carbonyl (C=O) groups excluding carboxylic acids is 2. The van der Waals surface area contributed by atoms with Gasteiger partial charge in [-0.3, -0.25) is 9.59 Å². The highest BCUT2D eigenvalue weighted by molar-refractivity contribution is 6.07. The van der Waals surface area contributed by atoms with Gasteiger partial charge in [0.1, 0.15) is 5.78 Å². The molecule has 2 aliphatic rings. The van der Waals surface area contributed by atoms with Gasteiger partial charge in [0.05, 0.1) is 5.92 Å². The molecule has 20 heavy (non-hydrogen) atoms. The van der Waals surface area contributed by atoms with Crippen molar-refractivity contribution in [2.24, 2.45) is 5.92 Å². The molecule has 2 N–H and O–H groups in total. The highest BCUT2D eigenvalue weighted by atomic mass is 16.3. The van der Waals surface area contributed by atoms with Gasteiger partial charge in [-0.15, -0.1) is 0 Å². The largest absolute Gasteiger partial charge is 0.375 e. The molecule has 1 aliphatic carbocycles. The predicted molar refractivity (Wildman–Crippen MR) is 75.2 cm³/mol. The minimum absolute atomic E-state index is 0.0130. The van der Waals surface area contributed by atoms with Gasteiger partial charge in [-0.25, -0.2) is 0 Å². The number of nitrogens with one attached hydrogen (secondary N) is 1. The average molecular weight is 273 g/mol. The first-order valence-electron chi connectivity index (χ1n) is 7.30. The molecule has 2 atom stereocenters. The fourth-order valence-electron chi connectivity index (χ4n) is 3.39. The fourth-order valence-corrected chi connectivity index (χ4v) is 3.39. The van der Waals surface area contributed by atoms with Crippen LogP contribution in [-0.4, -0.2) is 16.8 Å². The SMILES string of the molecule is O=C1CCCCCC[C@H]1[C@@]1(O)C(=O)Nc2ccccc21. The number of hydrogen-bond acceptors (Lipinski definition) is 3. The lowest BCUT2D eigenvalue weighted by atomic mass is 9.74. The number of rotatable bonds is 1. The second-order valence-electron chi connectivity index (χ2n) is 5.74. The summed E-state index contributed by atoms with van der Waals surface area (Å²) in [5.74, 6) is -1.07. The molecule has 0 radical (unpaired) electrons. The van der Waals surface area contributed by atoms with E-state index >= 15 is 0 Å². The van der Waals surface area contributed by atoms with E-state index < -0.39 is 17.4 Å². The molecular weight excluding hydrogens is 254 g/mol. The average Bonchev–Trinajstić information content (AvgIpc) is 2.67. The van der Waals surface area contributed by atoms with Crippen LogP contribution in [0.5, 0.6) is 0 Å². The predicted octanol–water partition coefficient (Wildman–Crippen LogP) is 2.37. The van der Waals surface area contributed by atoms with E-state index in [-0.39, 0.29) is 5.78 Å². The number of hydrogen-bond donors (Lipinski definition) is 2. The zero-order valence-electron chi connectivity index (χ0n) is 11.4. The molecule has 3 rings (SSSR count). The van der Waals surface area contributed by atoms with Crippen LogP contribution in [-0.2, 0) is 15.2 Å². The smallest absolute Gasteiger partial charge is 0.261 e. The van der Waals surface area contributed by atoms with Gasteiger partial charge in [0.2, 0.25) is 0 Å².